The van der Waals surface area contributed by atoms with Gasteiger partial charge < -0.3 is 10.1 Å². The van der Waals surface area contributed by atoms with Crippen molar-refractivity contribution in [2.24, 2.45) is 5.92 Å². The van der Waals surface area contributed by atoms with Crippen LogP contribution in [-0.2, 0) is 17.6 Å². The van der Waals surface area contributed by atoms with E-state index < -0.39 is 0 Å². The molecule has 1 aliphatic rings. The molecule has 5 nitrogen and oxygen atoms in total. The predicted octanol–water partition coefficient (Wildman–Crippen LogP) is 2.41. The summed E-state index contributed by atoms with van der Waals surface area (Å²) >= 11 is 0. The molecule has 0 amide bonds. The summed E-state index contributed by atoms with van der Waals surface area (Å²) in [6.07, 6.45) is 5.52. The molecule has 22 heavy (non-hydrogen) atoms. The first-order valence-corrected chi connectivity index (χ1v) is 7.82. The second-order valence-electron chi connectivity index (χ2n) is 5.77. The molecule has 116 valence electrons. The molecule has 1 saturated heterocycles. The minimum atomic E-state index is 0.284. The highest BCUT2D eigenvalue weighted by atomic mass is 16.5. The number of nitrogens with zero attached hydrogens (tertiary/aromatic N) is 3. The molecule has 3 heterocycles. The van der Waals surface area contributed by atoms with Crippen LogP contribution >= 0.6 is 0 Å². The summed E-state index contributed by atoms with van der Waals surface area (Å²) in [7, 11) is 0. The van der Waals surface area contributed by atoms with E-state index in [0.717, 1.165) is 43.4 Å². The molecule has 0 saturated carbocycles. The molecule has 0 aliphatic carbocycles. The average Bonchev–Trinajstić information content (AvgIpc) is 2.94. The second kappa shape index (κ2) is 6.83. The molecular weight excluding hydrogens is 276 g/mol. The number of aromatic nitrogens is 3. The lowest BCUT2D eigenvalue weighted by molar-refractivity contribution is 0.185. The maximum absolute atomic E-state index is 5.68. The minimum absolute atomic E-state index is 0.284. The van der Waals surface area contributed by atoms with E-state index in [-0.39, 0.29) is 6.04 Å². The van der Waals surface area contributed by atoms with Crippen molar-refractivity contribution in [2.75, 3.05) is 18.5 Å². The second-order valence-corrected chi connectivity index (χ2v) is 5.77. The lowest BCUT2D eigenvalue weighted by Gasteiger charge is -2.20. The zero-order valence-electron chi connectivity index (χ0n) is 13.1. The number of hydrogen-bond donors (Lipinski definition) is 1. The van der Waals surface area contributed by atoms with Crippen LogP contribution < -0.4 is 5.32 Å². The highest BCUT2D eigenvalue weighted by Crippen LogP contribution is 2.22. The van der Waals surface area contributed by atoms with Gasteiger partial charge in [-0.05, 0) is 31.0 Å². The largest absolute Gasteiger partial charge is 0.379 e. The quantitative estimate of drug-likeness (QED) is 0.918. The van der Waals surface area contributed by atoms with Gasteiger partial charge in [0.05, 0.1) is 19.3 Å². The third-order valence-electron chi connectivity index (χ3n) is 4.00. The number of hydrogen-bond acceptors (Lipinski definition) is 5. The van der Waals surface area contributed by atoms with Crippen LogP contribution in [0, 0.1) is 12.8 Å². The Morgan fingerprint density at radius 2 is 2.05 bits per heavy atom. The summed E-state index contributed by atoms with van der Waals surface area (Å²) in [6.45, 7) is 5.58. The number of pyridine rings is 1. The van der Waals surface area contributed by atoms with Crippen LogP contribution in [-0.4, -0.2) is 34.2 Å². The van der Waals surface area contributed by atoms with Crippen molar-refractivity contribution in [3.63, 3.8) is 0 Å². The first-order chi connectivity index (χ1) is 10.7. The number of ether oxygens (including phenoxy) is 1. The summed E-state index contributed by atoms with van der Waals surface area (Å²) in [6, 6.07) is 6.42. The monoisotopic (exact) mass is 298 g/mol. The van der Waals surface area contributed by atoms with E-state index in [9.17, 15) is 0 Å². The number of aryl methyl sites for hydroxylation is 2. The molecular formula is C17H22N4O. The number of nitrogens with one attached hydrogen (secondary N) is 1. The fraction of sp³-hybridized carbons (Fsp3) is 0.471. The van der Waals surface area contributed by atoms with Crippen molar-refractivity contribution in [3.05, 3.63) is 47.7 Å². The molecule has 0 radical (unpaired) electrons. The van der Waals surface area contributed by atoms with Crippen LogP contribution in [0.5, 0.6) is 0 Å². The number of rotatable bonds is 5. The molecule has 0 unspecified atom stereocenters. The lowest BCUT2D eigenvalue weighted by Crippen LogP contribution is -2.30. The smallest absolute Gasteiger partial charge is 0.130 e. The fourth-order valence-corrected chi connectivity index (χ4v) is 2.83. The molecule has 1 N–H and O–H groups in total. The van der Waals surface area contributed by atoms with Gasteiger partial charge in [-0.15, -0.1) is 0 Å². The van der Waals surface area contributed by atoms with E-state index >= 15 is 0 Å². The summed E-state index contributed by atoms with van der Waals surface area (Å²) in [4.78, 5) is 13.1. The van der Waals surface area contributed by atoms with Crippen molar-refractivity contribution in [2.45, 2.75) is 32.7 Å². The van der Waals surface area contributed by atoms with Crippen LogP contribution in [0.4, 0.5) is 5.82 Å². The standard InChI is InChI=1S/C17H22N4O/c1-3-16-19-12(2)8-17(21-16)20-15-11-22-10-14(15)9-13-4-6-18-7-5-13/h4-8,14-15H,3,9-11H2,1-2H3,(H,19,20,21)/t14-,15-/m1/s1. The summed E-state index contributed by atoms with van der Waals surface area (Å²) in [5.41, 5.74) is 2.30. The Balaban J connectivity index is 1.70. The number of anilines is 1. The highest BCUT2D eigenvalue weighted by Gasteiger charge is 2.28. The summed E-state index contributed by atoms with van der Waals surface area (Å²) in [5.74, 6) is 2.23. The Morgan fingerprint density at radius 3 is 2.82 bits per heavy atom. The highest BCUT2D eigenvalue weighted by molar-refractivity contribution is 5.37. The van der Waals surface area contributed by atoms with Crippen LogP contribution in [0.2, 0.25) is 0 Å². The topological polar surface area (TPSA) is 59.9 Å². The molecule has 2 atom stereocenters. The van der Waals surface area contributed by atoms with Gasteiger partial charge in [-0.1, -0.05) is 6.92 Å². The predicted molar refractivity (Wildman–Crippen MR) is 85.8 cm³/mol. The summed E-state index contributed by atoms with van der Waals surface area (Å²) < 4.78 is 5.68. The first kappa shape index (κ1) is 14.9. The first-order valence-electron chi connectivity index (χ1n) is 7.82. The van der Waals surface area contributed by atoms with Crippen LogP contribution in [0.3, 0.4) is 0 Å². The third-order valence-corrected chi connectivity index (χ3v) is 4.00. The van der Waals surface area contributed by atoms with Gasteiger partial charge in [-0.3, -0.25) is 4.98 Å². The zero-order valence-corrected chi connectivity index (χ0v) is 13.1. The Hall–Kier alpha value is -2.01. The van der Waals surface area contributed by atoms with Crippen LogP contribution in [0.25, 0.3) is 0 Å². The Bertz CT molecular complexity index is 617. The maximum Gasteiger partial charge on any atom is 0.130 e. The van der Waals surface area contributed by atoms with Crippen LogP contribution in [0.1, 0.15) is 24.0 Å². The summed E-state index contributed by atoms with van der Waals surface area (Å²) in [5, 5.41) is 3.54. The van der Waals surface area contributed by atoms with Gasteiger partial charge in [0, 0.05) is 36.5 Å². The molecule has 0 bridgehead atoms. The minimum Gasteiger partial charge on any atom is -0.379 e. The van der Waals surface area contributed by atoms with E-state index in [1.165, 1.54) is 5.56 Å². The van der Waals surface area contributed by atoms with E-state index in [4.69, 9.17) is 4.74 Å². The van der Waals surface area contributed by atoms with Crippen LogP contribution in [0.15, 0.2) is 30.6 Å². The Kier molecular flexibility index (Phi) is 4.63. The molecule has 2 aromatic heterocycles. The van der Waals surface area contributed by atoms with Gasteiger partial charge in [0.1, 0.15) is 11.6 Å². The molecule has 1 fully saturated rings. The van der Waals surface area contributed by atoms with Crippen molar-refractivity contribution < 1.29 is 4.74 Å². The normalized spacial score (nSPS) is 21.0. The molecule has 0 aromatic carbocycles. The SMILES string of the molecule is CCc1nc(C)cc(N[C@@H]2COC[C@H]2Cc2ccncc2)n1. The molecule has 0 spiro atoms. The molecule has 1 aliphatic heterocycles. The van der Waals surface area contributed by atoms with Crippen molar-refractivity contribution in [1.29, 1.82) is 0 Å². The van der Waals surface area contributed by atoms with Crippen molar-refractivity contribution in [3.8, 4) is 0 Å². The Labute approximate surface area is 131 Å². The molecule has 5 heteroatoms. The molecule has 2 aromatic rings. The van der Waals surface area contributed by atoms with E-state index in [1.54, 1.807) is 0 Å². The third kappa shape index (κ3) is 3.60. The van der Waals surface area contributed by atoms with E-state index in [1.807, 2.05) is 25.4 Å². The van der Waals surface area contributed by atoms with Crippen molar-refractivity contribution >= 4 is 5.82 Å². The van der Waals surface area contributed by atoms with Crippen molar-refractivity contribution in [1.82, 2.24) is 15.0 Å². The van der Waals surface area contributed by atoms with Gasteiger partial charge in [0.25, 0.3) is 0 Å². The van der Waals surface area contributed by atoms with E-state index in [0.29, 0.717) is 5.92 Å². The molecule has 3 rings (SSSR count). The Morgan fingerprint density at radius 1 is 1.23 bits per heavy atom. The van der Waals surface area contributed by atoms with Gasteiger partial charge in [-0.2, -0.15) is 0 Å². The fourth-order valence-electron chi connectivity index (χ4n) is 2.83. The van der Waals surface area contributed by atoms with Gasteiger partial charge in [0.2, 0.25) is 0 Å². The van der Waals surface area contributed by atoms with Gasteiger partial charge in [-0.25, -0.2) is 9.97 Å². The zero-order chi connectivity index (χ0) is 15.4. The van der Waals surface area contributed by atoms with Gasteiger partial charge >= 0.3 is 0 Å². The maximum atomic E-state index is 5.68. The van der Waals surface area contributed by atoms with Gasteiger partial charge in [0.15, 0.2) is 0 Å². The average molecular weight is 298 g/mol. The lowest BCUT2D eigenvalue weighted by atomic mass is 9.95. The van der Waals surface area contributed by atoms with E-state index in [2.05, 4.69) is 39.3 Å².